The zero-order valence-electron chi connectivity index (χ0n) is 15.7. The van der Waals surface area contributed by atoms with Crippen LogP contribution in [0.4, 0.5) is 0 Å². The fourth-order valence-electron chi connectivity index (χ4n) is 3.79. The minimum atomic E-state index is -1.21. The zero-order valence-corrected chi connectivity index (χ0v) is 15.7. The Labute approximate surface area is 155 Å². The fraction of sp³-hybridized carbons (Fsp3) is 0.350. The van der Waals surface area contributed by atoms with Gasteiger partial charge >= 0.3 is 5.97 Å². The molecule has 1 atom stereocenters. The molecule has 7 heteroatoms. The summed E-state index contributed by atoms with van der Waals surface area (Å²) >= 11 is 0. The molecule has 7 nitrogen and oxygen atoms in total. The minimum Gasteiger partial charge on any atom is -0.494 e. The van der Waals surface area contributed by atoms with Gasteiger partial charge in [-0.1, -0.05) is 32.9 Å². The van der Waals surface area contributed by atoms with E-state index in [9.17, 15) is 14.7 Å². The number of carboxylic acids is 1. The molecule has 0 saturated carbocycles. The molecule has 0 spiro atoms. The van der Waals surface area contributed by atoms with E-state index in [1.807, 2.05) is 27.4 Å². The first-order valence-corrected chi connectivity index (χ1v) is 8.75. The molecule has 1 aliphatic heterocycles. The molecule has 3 aromatic rings. The molecule has 1 N–H and O–H groups in total. The molecule has 0 bridgehead atoms. The molecule has 3 heterocycles. The number of rotatable bonds is 2. The lowest BCUT2D eigenvalue weighted by Gasteiger charge is -2.38. The van der Waals surface area contributed by atoms with Crippen LogP contribution >= 0.6 is 0 Å². The van der Waals surface area contributed by atoms with Gasteiger partial charge in [-0.15, -0.1) is 0 Å². The van der Waals surface area contributed by atoms with Gasteiger partial charge in [0.2, 0.25) is 0 Å². The van der Waals surface area contributed by atoms with Crippen molar-refractivity contribution in [2.75, 3.05) is 7.11 Å². The van der Waals surface area contributed by atoms with Gasteiger partial charge in [0.05, 0.1) is 31.1 Å². The van der Waals surface area contributed by atoms with Gasteiger partial charge in [-0.2, -0.15) is 5.10 Å². The summed E-state index contributed by atoms with van der Waals surface area (Å²) < 4.78 is 9.26. The molecular weight excluding hydrogens is 346 g/mol. The van der Waals surface area contributed by atoms with E-state index in [1.165, 1.54) is 12.3 Å². The van der Waals surface area contributed by atoms with Crippen LogP contribution in [0.25, 0.3) is 22.3 Å². The Morgan fingerprint density at radius 2 is 2.07 bits per heavy atom. The van der Waals surface area contributed by atoms with Gasteiger partial charge in [0, 0.05) is 17.6 Å². The lowest BCUT2D eigenvalue weighted by molar-refractivity contribution is 0.0693. The first-order valence-electron chi connectivity index (χ1n) is 8.75. The summed E-state index contributed by atoms with van der Waals surface area (Å²) in [5, 5.41) is 15.0. The van der Waals surface area contributed by atoms with Gasteiger partial charge in [0.15, 0.2) is 5.43 Å². The number of carbonyl (C=O) groups is 1. The molecule has 1 aromatic carbocycles. The van der Waals surface area contributed by atoms with Crippen molar-refractivity contribution in [2.45, 2.75) is 33.4 Å². The molecule has 0 saturated heterocycles. The van der Waals surface area contributed by atoms with Crippen molar-refractivity contribution in [1.29, 1.82) is 0 Å². The summed E-state index contributed by atoms with van der Waals surface area (Å²) in [6, 6.07) is 7.03. The first-order chi connectivity index (χ1) is 12.7. The van der Waals surface area contributed by atoms with E-state index in [2.05, 4.69) is 20.8 Å². The van der Waals surface area contributed by atoms with Crippen LogP contribution < -0.4 is 10.2 Å². The smallest absolute Gasteiger partial charge is 0.341 e. The molecule has 27 heavy (non-hydrogen) atoms. The molecule has 0 amide bonds. The van der Waals surface area contributed by atoms with E-state index >= 15 is 0 Å². The summed E-state index contributed by atoms with van der Waals surface area (Å²) in [5.74, 6) is -0.550. The number of ether oxygens (including phenoxy) is 1. The summed E-state index contributed by atoms with van der Waals surface area (Å²) in [6.07, 6.45) is 1.47. The van der Waals surface area contributed by atoms with Crippen molar-refractivity contribution in [3.8, 4) is 17.1 Å². The van der Waals surface area contributed by atoms with Crippen LogP contribution in [0.3, 0.4) is 0 Å². The molecule has 2 aromatic heterocycles. The predicted octanol–water partition coefficient (Wildman–Crippen LogP) is 3.17. The molecule has 1 aliphatic rings. The Kier molecular flexibility index (Phi) is 3.66. The SMILES string of the molecule is COc1cccc2c3n(nc12)C[C@@H](C(C)(C)C)n1cc(C(=O)O)c(=O)cc1-3. The van der Waals surface area contributed by atoms with E-state index < -0.39 is 11.4 Å². The number of aromatic nitrogens is 3. The number of benzene rings is 1. The number of pyridine rings is 1. The monoisotopic (exact) mass is 367 g/mol. The second-order valence-corrected chi connectivity index (χ2v) is 7.92. The van der Waals surface area contributed by atoms with Crippen molar-refractivity contribution in [3.05, 3.63) is 46.2 Å². The normalized spacial score (nSPS) is 16.1. The lowest BCUT2D eigenvalue weighted by atomic mass is 9.85. The van der Waals surface area contributed by atoms with Crippen LogP contribution in [0.15, 0.2) is 35.3 Å². The second-order valence-electron chi connectivity index (χ2n) is 7.92. The van der Waals surface area contributed by atoms with Gasteiger partial charge in [-0.3, -0.25) is 9.48 Å². The van der Waals surface area contributed by atoms with Gasteiger partial charge in [-0.05, 0) is 11.5 Å². The highest BCUT2D eigenvalue weighted by atomic mass is 16.5. The number of carboxylic acid groups (broad SMARTS) is 1. The van der Waals surface area contributed by atoms with Crippen LogP contribution in [-0.4, -0.2) is 32.5 Å². The maximum absolute atomic E-state index is 12.4. The quantitative estimate of drug-likeness (QED) is 0.752. The number of hydrogen-bond acceptors (Lipinski definition) is 4. The van der Waals surface area contributed by atoms with Crippen molar-refractivity contribution < 1.29 is 14.6 Å². The zero-order chi connectivity index (χ0) is 19.5. The van der Waals surface area contributed by atoms with Crippen molar-refractivity contribution in [1.82, 2.24) is 14.3 Å². The maximum atomic E-state index is 12.4. The minimum absolute atomic E-state index is 0.0565. The van der Waals surface area contributed by atoms with Crippen LogP contribution in [-0.2, 0) is 6.54 Å². The van der Waals surface area contributed by atoms with Crippen LogP contribution in [0, 0.1) is 5.41 Å². The second kappa shape index (κ2) is 5.70. The van der Waals surface area contributed by atoms with E-state index in [-0.39, 0.29) is 17.0 Å². The number of nitrogens with zero attached hydrogens (tertiary/aromatic N) is 3. The van der Waals surface area contributed by atoms with E-state index in [0.717, 1.165) is 16.6 Å². The Morgan fingerprint density at radius 1 is 1.33 bits per heavy atom. The molecular formula is C20H21N3O4. The van der Waals surface area contributed by atoms with Crippen LogP contribution in [0.1, 0.15) is 37.2 Å². The van der Waals surface area contributed by atoms with Crippen LogP contribution in [0.5, 0.6) is 5.75 Å². The van der Waals surface area contributed by atoms with E-state index in [0.29, 0.717) is 18.0 Å². The third-order valence-corrected chi connectivity index (χ3v) is 5.19. The van der Waals surface area contributed by atoms with Crippen LogP contribution in [0.2, 0.25) is 0 Å². The average molecular weight is 367 g/mol. The van der Waals surface area contributed by atoms with Gasteiger partial charge in [0.1, 0.15) is 16.8 Å². The number of methoxy groups -OCH3 is 1. The Hall–Kier alpha value is -3.09. The van der Waals surface area contributed by atoms with Crippen molar-refractivity contribution in [2.24, 2.45) is 5.41 Å². The van der Waals surface area contributed by atoms with Gasteiger partial charge in [-0.25, -0.2) is 4.79 Å². The maximum Gasteiger partial charge on any atom is 0.341 e. The molecule has 0 radical (unpaired) electrons. The Balaban J connectivity index is 2.09. The predicted molar refractivity (Wildman–Crippen MR) is 101 cm³/mol. The third-order valence-electron chi connectivity index (χ3n) is 5.19. The largest absolute Gasteiger partial charge is 0.494 e. The highest BCUT2D eigenvalue weighted by molar-refractivity contribution is 5.96. The Morgan fingerprint density at radius 3 is 2.70 bits per heavy atom. The first kappa shape index (κ1) is 17.3. The summed E-state index contributed by atoms with van der Waals surface area (Å²) in [7, 11) is 1.60. The number of fused-ring (bicyclic) bond motifs is 5. The highest BCUT2D eigenvalue weighted by Gasteiger charge is 2.35. The molecule has 4 rings (SSSR count). The van der Waals surface area contributed by atoms with E-state index in [1.54, 1.807) is 7.11 Å². The third kappa shape index (κ3) is 2.53. The average Bonchev–Trinajstić information content (AvgIpc) is 2.98. The number of aromatic carboxylic acids is 1. The molecule has 0 aliphatic carbocycles. The lowest BCUT2D eigenvalue weighted by Crippen LogP contribution is -2.35. The fourth-order valence-corrected chi connectivity index (χ4v) is 3.79. The standard InChI is InChI=1S/C20H21N3O4/c1-20(2,3)16-10-23-18(11-6-5-7-15(27-4)17(11)21-23)13-8-14(24)12(19(25)26)9-22(13)16/h5-9,16H,10H2,1-4H3,(H,25,26)/t16-/m0/s1. The number of hydrogen-bond donors (Lipinski definition) is 1. The summed E-state index contributed by atoms with van der Waals surface area (Å²) in [4.78, 5) is 23.9. The summed E-state index contributed by atoms with van der Waals surface area (Å²) in [5.41, 5.74) is 1.31. The molecule has 0 fully saturated rings. The van der Waals surface area contributed by atoms with E-state index in [4.69, 9.17) is 9.84 Å². The van der Waals surface area contributed by atoms with Crippen molar-refractivity contribution >= 4 is 16.9 Å². The van der Waals surface area contributed by atoms with Gasteiger partial charge < -0.3 is 14.4 Å². The highest BCUT2D eigenvalue weighted by Crippen LogP contribution is 2.42. The molecule has 0 unspecified atom stereocenters. The van der Waals surface area contributed by atoms with Gasteiger partial charge in [0.25, 0.3) is 0 Å². The molecule has 140 valence electrons. The Bertz CT molecular complexity index is 1130. The summed E-state index contributed by atoms with van der Waals surface area (Å²) in [6.45, 7) is 6.85. The van der Waals surface area contributed by atoms with Crippen molar-refractivity contribution in [3.63, 3.8) is 0 Å². The topological polar surface area (TPSA) is 86.3 Å².